The summed E-state index contributed by atoms with van der Waals surface area (Å²) in [4.78, 5) is 24.6. The van der Waals surface area contributed by atoms with Gasteiger partial charge in [-0.05, 0) is 26.7 Å². The molecule has 1 aromatic heterocycles. The second kappa shape index (κ2) is 7.85. The van der Waals surface area contributed by atoms with Crippen LogP contribution in [-0.2, 0) is 14.3 Å². The van der Waals surface area contributed by atoms with Crippen molar-refractivity contribution in [2.45, 2.75) is 38.4 Å². The highest BCUT2D eigenvalue weighted by molar-refractivity contribution is 5.79. The van der Waals surface area contributed by atoms with E-state index in [2.05, 4.69) is 28.7 Å². The van der Waals surface area contributed by atoms with Crippen LogP contribution in [0.15, 0.2) is 12.4 Å². The highest BCUT2D eigenvalue weighted by Gasteiger charge is 2.36. The van der Waals surface area contributed by atoms with Gasteiger partial charge in [-0.3, -0.25) is 9.69 Å². The summed E-state index contributed by atoms with van der Waals surface area (Å²) in [5.41, 5.74) is -0.109. The lowest BCUT2D eigenvalue weighted by Gasteiger charge is -2.39. The number of carbonyl (C=O) groups is 1. The molecule has 0 bridgehead atoms. The molecule has 3 heterocycles. The fourth-order valence-electron chi connectivity index (χ4n) is 3.73. The molecule has 0 spiro atoms. The molecule has 2 fully saturated rings. The van der Waals surface area contributed by atoms with Gasteiger partial charge in [-0.25, -0.2) is 4.98 Å². The van der Waals surface area contributed by atoms with Gasteiger partial charge in [0, 0.05) is 52.2 Å². The van der Waals surface area contributed by atoms with Crippen LogP contribution in [0.25, 0.3) is 0 Å². The van der Waals surface area contributed by atoms with Crippen molar-refractivity contribution >= 4 is 5.91 Å². The number of rotatable bonds is 5. The number of likely N-dealkylation sites (N-methyl/N-ethyl adjacent to an activating group) is 1. The Balaban J connectivity index is 1.55. The van der Waals surface area contributed by atoms with E-state index < -0.39 is 0 Å². The maximum absolute atomic E-state index is 13.0. The predicted octanol–water partition coefficient (Wildman–Crippen LogP) is 1.45. The zero-order chi connectivity index (χ0) is 17.9. The first kappa shape index (κ1) is 18.4. The number of imidazole rings is 1. The number of aromatic nitrogens is 2. The van der Waals surface area contributed by atoms with Crippen LogP contribution in [0.3, 0.4) is 0 Å². The Bertz CT molecular complexity index is 561. The highest BCUT2D eigenvalue weighted by atomic mass is 16.5. The Morgan fingerprint density at radius 1 is 1.48 bits per heavy atom. The Hall–Kier alpha value is -1.44. The third kappa shape index (κ3) is 4.59. The van der Waals surface area contributed by atoms with Crippen LogP contribution >= 0.6 is 0 Å². The van der Waals surface area contributed by atoms with E-state index in [0.717, 1.165) is 51.5 Å². The average molecular weight is 350 g/mol. The summed E-state index contributed by atoms with van der Waals surface area (Å²) in [6, 6.07) is 0. The lowest BCUT2D eigenvalue weighted by atomic mass is 9.92. The van der Waals surface area contributed by atoms with E-state index in [-0.39, 0.29) is 23.5 Å². The Morgan fingerprint density at radius 3 is 3.04 bits per heavy atom. The number of carbonyl (C=O) groups excluding carboxylic acids is 1. The van der Waals surface area contributed by atoms with Crippen LogP contribution in [0.5, 0.6) is 0 Å². The summed E-state index contributed by atoms with van der Waals surface area (Å²) in [7, 11) is 1.89. The molecular formula is C18H30N4O3. The molecule has 2 saturated heterocycles. The quantitative estimate of drug-likeness (QED) is 0.870. The maximum atomic E-state index is 13.0. The normalized spacial score (nSPS) is 27.2. The van der Waals surface area contributed by atoms with Crippen LogP contribution in [0.2, 0.25) is 0 Å². The molecule has 140 valence electrons. The van der Waals surface area contributed by atoms with Crippen LogP contribution in [0, 0.1) is 5.92 Å². The summed E-state index contributed by atoms with van der Waals surface area (Å²) >= 11 is 0. The standard InChI is InChI=1S/C18H30N4O3/c1-18(2)13-22(10-12-25-18)9-8-21(3)17(23)14-5-4-11-24-15(14)16-19-6-7-20-16/h6-7,14-15H,4-5,8-13H2,1-3H3,(H,19,20)/t14-,15-/m1/s1. The average Bonchev–Trinajstić information content (AvgIpc) is 3.12. The molecule has 0 saturated carbocycles. The smallest absolute Gasteiger partial charge is 0.228 e. The number of aromatic amines is 1. The van der Waals surface area contributed by atoms with Gasteiger partial charge >= 0.3 is 0 Å². The Labute approximate surface area is 149 Å². The molecule has 1 amide bonds. The minimum Gasteiger partial charge on any atom is -0.373 e. The fourth-order valence-corrected chi connectivity index (χ4v) is 3.73. The van der Waals surface area contributed by atoms with Crippen LogP contribution < -0.4 is 0 Å². The number of hydrogen-bond donors (Lipinski definition) is 1. The third-order valence-electron chi connectivity index (χ3n) is 5.06. The maximum Gasteiger partial charge on any atom is 0.228 e. The van der Waals surface area contributed by atoms with Gasteiger partial charge in [0.25, 0.3) is 0 Å². The second-order valence-electron chi connectivity index (χ2n) is 7.66. The molecule has 0 unspecified atom stereocenters. The molecule has 2 atom stereocenters. The number of nitrogens with zero attached hydrogens (tertiary/aromatic N) is 3. The SMILES string of the molecule is CN(CCN1CCOC(C)(C)C1)C(=O)[C@@H]1CCCO[C@H]1c1ncc[nH]1. The van der Waals surface area contributed by atoms with Crippen LogP contribution in [0.4, 0.5) is 0 Å². The first-order valence-corrected chi connectivity index (χ1v) is 9.18. The van der Waals surface area contributed by atoms with Gasteiger partial charge in [0.05, 0.1) is 18.1 Å². The fraction of sp³-hybridized carbons (Fsp3) is 0.778. The van der Waals surface area contributed by atoms with Gasteiger partial charge in [-0.1, -0.05) is 0 Å². The molecule has 0 aromatic carbocycles. The predicted molar refractivity (Wildman–Crippen MR) is 94.1 cm³/mol. The van der Waals surface area contributed by atoms with Gasteiger partial charge in [-0.15, -0.1) is 0 Å². The number of nitrogens with one attached hydrogen (secondary N) is 1. The zero-order valence-electron chi connectivity index (χ0n) is 15.5. The van der Waals surface area contributed by atoms with E-state index in [1.165, 1.54) is 0 Å². The summed E-state index contributed by atoms with van der Waals surface area (Å²) in [6.07, 6.45) is 4.98. The number of amides is 1. The lowest BCUT2D eigenvalue weighted by Crippen LogP contribution is -2.50. The van der Waals surface area contributed by atoms with Gasteiger partial charge in [0.15, 0.2) is 0 Å². The molecule has 7 nitrogen and oxygen atoms in total. The van der Waals surface area contributed by atoms with E-state index in [1.807, 2.05) is 11.9 Å². The molecule has 0 aliphatic carbocycles. The molecule has 2 aliphatic heterocycles. The number of hydrogen-bond acceptors (Lipinski definition) is 5. The van der Waals surface area contributed by atoms with E-state index in [4.69, 9.17) is 9.47 Å². The highest BCUT2D eigenvalue weighted by Crippen LogP contribution is 2.33. The molecule has 7 heteroatoms. The summed E-state index contributed by atoms with van der Waals surface area (Å²) in [6.45, 7) is 9.07. The second-order valence-corrected chi connectivity index (χ2v) is 7.66. The molecule has 3 rings (SSSR count). The molecule has 2 aliphatic rings. The Morgan fingerprint density at radius 2 is 2.32 bits per heavy atom. The van der Waals surface area contributed by atoms with E-state index >= 15 is 0 Å². The topological polar surface area (TPSA) is 70.7 Å². The Kier molecular flexibility index (Phi) is 5.76. The summed E-state index contributed by atoms with van der Waals surface area (Å²) in [5, 5.41) is 0. The van der Waals surface area contributed by atoms with E-state index in [1.54, 1.807) is 12.4 Å². The first-order valence-electron chi connectivity index (χ1n) is 9.18. The lowest BCUT2D eigenvalue weighted by molar-refractivity contribution is -0.145. The van der Waals surface area contributed by atoms with Crippen molar-refractivity contribution < 1.29 is 14.3 Å². The van der Waals surface area contributed by atoms with E-state index in [9.17, 15) is 4.79 Å². The van der Waals surface area contributed by atoms with Crippen LogP contribution in [0.1, 0.15) is 38.6 Å². The van der Waals surface area contributed by atoms with Crippen molar-refractivity contribution in [3.8, 4) is 0 Å². The number of ether oxygens (including phenoxy) is 2. The summed E-state index contributed by atoms with van der Waals surface area (Å²) in [5.74, 6) is 0.737. The minimum atomic E-state index is -0.263. The molecular weight excluding hydrogens is 320 g/mol. The van der Waals surface area contributed by atoms with Crippen molar-refractivity contribution in [3.05, 3.63) is 18.2 Å². The van der Waals surface area contributed by atoms with Crippen molar-refractivity contribution in [3.63, 3.8) is 0 Å². The van der Waals surface area contributed by atoms with E-state index in [0.29, 0.717) is 6.61 Å². The van der Waals surface area contributed by atoms with Gasteiger partial charge < -0.3 is 19.4 Å². The van der Waals surface area contributed by atoms with Crippen molar-refractivity contribution in [1.29, 1.82) is 0 Å². The molecule has 0 radical (unpaired) electrons. The molecule has 1 aromatic rings. The minimum absolute atomic E-state index is 0.109. The van der Waals surface area contributed by atoms with Gasteiger partial charge in [-0.2, -0.15) is 0 Å². The van der Waals surface area contributed by atoms with Crippen molar-refractivity contribution in [2.24, 2.45) is 5.92 Å². The third-order valence-corrected chi connectivity index (χ3v) is 5.06. The van der Waals surface area contributed by atoms with Crippen molar-refractivity contribution in [1.82, 2.24) is 19.8 Å². The van der Waals surface area contributed by atoms with Gasteiger partial charge in [0.1, 0.15) is 11.9 Å². The zero-order valence-corrected chi connectivity index (χ0v) is 15.5. The first-order chi connectivity index (χ1) is 12.0. The monoisotopic (exact) mass is 350 g/mol. The number of morpholine rings is 1. The molecule has 1 N–H and O–H groups in total. The van der Waals surface area contributed by atoms with Crippen LogP contribution in [-0.4, -0.2) is 77.7 Å². The number of H-pyrrole nitrogens is 1. The van der Waals surface area contributed by atoms with Gasteiger partial charge in [0.2, 0.25) is 5.91 Å². The largest absolute Gasteiger partial charge is 0.373 e. The van der Waals surface area contributed by atoms with Crippen molar-refractivity contribution in [2.75, 3.05) is 46.4 Å². The summed E-state index contributed by atoms with van der Waals surface area (Å²) < 4.78 is 11.6. The molecule has 25 heavy (non-hydrogen) atoms.